The summed E-state index contributed by atoms with van der Waals surface area (Å²) in [6.45, 7) is 1.31. The zero-order valence-corrected chi connectivity index (χ0v) is 17.4. The van der Waals surface area contributed by atoms with Crippen molar-refractivity contribution in [3.05, 3.63) is 56.7 Å². The summed E-state index contributed by atoms with van der Waals surface area (Å²) >= 11 is 5.92. The van der Waals surface area contributed by atoms with E-state index in [0.29, 0.717) is 18.9 Å². The topological polar surface area (TPSA) is 77.1 Å². The predicted molar refractivity (Wildman–Crippen MR) is 105 cm³/mol. The van der Waals surface area contributed by atoms with Gasteiger partial charge in [0.2, 0.25) is 5.91 Å². The Labute approximate surface area is 186 Å². The fraction of sp³-hybridized carbons (Fsp3) is 0.350. The Morgan fingerprint density at radius 3 is 2.42 bits per heavy atom. The summed E-state index contributed by atoms with van der Waals surface area (Å²) in [6.07, 6.45) is -8.42. The summed E-state index contributed by atoms with van der Waals surface area (Å²) in [6, 6.07) is 2.29. The molecule has 176 valence electrons. The van der Waals surface area contributed by atoms with Crippen molar-refractivity contribution < 1.29 is 35.6 Å². The van der Waals surface area contributed by atoms with E-state index in [1.165, 1.54) is 6.92 Å². The average molecular weight is 494 g/mol. The van der Waals surface area contributed by atoms with Gasteiger partial charge in [0.15, 0.2) is 5.69 Å². The van der Waals surface area contributed by atoms with Gasteiger partial charge in [0.1, 0.15) is 11.6 Å². The second kappa shape index (κ2) is 7.79. The summed E-state index contributed by atoms with van der Waals surface area (Å²) in [7, 11) is 0. The van der Waals surface area contributed by atoms with Crippen LogP contribution in [0.15, 0.2) is 33.5 Å². The van der Waals surface area contributed by atoms with Gasteiger partial charge < -0.3 is 9.73 Å². The number of carbonyl (C=O) groups excluding carboxylic acids is 1. The first kappa shape index (κ1) is 23.1. The summed E-state index contributed by atoms with van der Waals surface area (Å²) < 4.78 is 85.0. The van der Waals surface area contributed by atoms with Gasteiger partial charge in [-0.25, -0.2) is 4.79 Å². The van der Waals surface area contributed by atoms with Gasteiger partial charge in [-0.3, -0.25) is 9.48 Å². The Hall–Kier alpha value is -3.02. The van der Waals surface area contributed by atoms with Gasteiger partial charge in [-0.15, -0.1) is 0 Å². The minimum absolute atomic E-state index is 0.0240. The molecule has 4 rings (SSSR count). The zero-order chi connectivity index (χ0) is 24.3. The molecule has 0 saturated heterocycles. The second-order valence-electron chi connectivity index (χ2n) is 7.62. The SMILES string of the molecule is C[C@H](C(=O)Nc1ccc2c(C(F)(F)F)cc(=O)oc2c1)n1nc(C(F)(F)F)c(Cl)c1C1CC1. The van der Waals surface area contributed by atoms with Crippen molar-refractivity contribution in [2.45, 2.75) is 44.1 Å². The molecule has 2 aromatic heterocycles. The molecule has 1 aliphatic rings. The first-order chi connectivity index (χ1) is 15.3. The molecule has 1 aliphatic carbocycles. The molecule has 0 radical (unpaired) electrons. The highest BCUT2D eigenvalue weighted by molar-refractivity contribution is 6.32. The number of hydrogen-bond acceptors (Lipinski definition) is 4. The third-order valence-electron chi connectivity index (χ3n) is 5.18. The van der Waals surface area contributed by atoms with Crippen LogP contribution in [0, 0.1) is 0 Å². The van der Waals surface area contributed by atoms with E-state index in [1.807, 2.05) is 0 Å². The van der Waals surface area contributed by atoms with E-state index >= 15 is 0 Å². The van der Waals surface area contributed by atoms with Gasteiger partial charge in [-0.1, -0.05) is 11.6 Å². The van der Waals surface area contributed by atoms with Crippen molar-refractivity contribution in [1.82, 2.24) is 9.78 Å². The number of nitrogens with zero attached hydrogens (tertiary/aromatic N) is 2. The lowest BCUT2D eigenvalue weighted by molar-refractivity contribution is -0.141. The third kappa shape index (κ3) is 4.43. The van der Waals surface area contributed by atoms with Crippen LogP contribution in [-0.2, 0) is 17.1 Å². The van der Waals surface area contributed by atoms with Gasteiger partial charge in [0.25, 0.3) is 0 Å². The zero-order valence-electron chi connectivity index (χ0n) is 16.6. The molecule has 1 N–H and O–H groups in total. The quantitative estimate of drug-likeness (QED) is 0.370. The molecule has 1 amide bonds. The molecule has 1 fully saturated rings. The van der Waals surface area contributed by atoms with E-state index in [2.05, 4.69) is 10.4 Å². The number of benzene rings is 1. The summed E-state index contributed by atoms with van der Waals surface area (Å²) in [5, 5.41) is 4.97. The number of hydrogen-bond donors (Lipinski definition) is 1. The maximum Gasteiger partial charge on any atom is 0.436 e. The van der Waals surface area contributed by atoms with Crippen LogP contribution in [-0.4, -0.2) is 15.7 Å². The summed E-state index contributed by atoms with van der Waals surface area (Å²) in [5.74, 6) is -1.05. The number of carbonyl (C=O) groups is 1. The Bertz CT molecular complexity index is 1310. The van der Waals surface area contributed by atoms with Gasteiger partial charge in [-0.2, -0.15) is 31.4 Å². The van der Waals surface area contributed by atoms with Crippen molar-refractivity contribution in [2.75, 3.05) is 5.32 Å². The maximum absolute atomic E-state index is 13.3. The van der Waals surface area contributed by atoms with E-state index in [4.69, 9.17) is 16.0 Å². The molecule has 0 spiro atoms. The van der Waals surface area contributed by atoms with Gasteiger partial charge in [0, 0.05) is 29.1 Å². The summed E-state index contributed by atoms with van der Waals surface area (Å²) in [5.41, 5.74) is -4.06. The lowest BCUT2D eigenvalue weighted by Gasteiger charge is -2.16. The van der Waals surface area contributed by atoms with Crippen LogP contribution in [0.1, 0.15) is 48.7 Å². The Kier molecular flexibility index (Phi) is 5.46. The highest BCUT2D eigenvalue weighted by atomic mass is 35.5. The van der Waals surface area contributed by atoms with Crippen molar-refractivity contribution >= 4 is 34.2 Å². The first-order valence-corrected chi connectivity index (χ1v) is 9.96. The number of anilines is 1. The van der Waals surface area contributed by atoms with E-state index in [0.717, 1.165) is 22.9 Å². The Morgan fingerprint density at radius 2 is 1.85 bits per heavy atom. The molecule has 1 saturated carbocycles. The summed E-state index contributed by atoms with van der Waals surface area (Å²) in [4.78, 5) is 24.3. The molecular weight excluding hydrogens is 480 g/mol. The molecular formula is C20H14ClF6N3O3. The van der Waals surface area contributed by atoms with E-state index in [1.54, 1.807) is 0 Å². The number of rotatable bonds is 4. The molecule has 2 heterocycles. The fourth-order valence-electron chi connectivity index (χ4n) is 3.46. The van der Waals surface area contributed by atoms with Crippen molar-refractivity contribution in [3.8, 4) is 0 Å². The average Bonchev–Trinajstić information content (AvgIpc) is 3.46. The highest BCUT2D eigenvalue weighted by Gasteiger charge is 2.43. The number of alkyl halides is 6. The fourth-order valence-corrected chi connectivity index (χ4v) is 3.85. The lowest BCUT2D eigenvalue weighted by Crippen LogP contribution is -2.26. The molecule has 0 aliphatic heterocycles. The maximum atomic E-state index is 13.3. The van der Waals surface area contributed by atoms with Crippen LogP contribution in [0.25, 0.3) is 11.0 Å². The molecule has 33 heavy (non-hydrogen) atoms. The normalized spacial score (nSPS) is 15.6. The third-order valence-corrected chi connectivity index (χ3v) is 5.56. The largest absolute Gasteiger partial charge is 0.436 e. The Morgan fingerprint density at radius 1 is 1.18 bits per heavy atom. The van der Waals surface area contributed by atoms with Crippen molar-refractivity contribution in [2.24, 2.45) is 0 Å². The minimum atomic E-state index is -4.81. The molecule has 0 unspecified atom stereocenters. The predicted octanol–water partition coefficient (Wildman–Crippen LogP) is 5.76. The molecule has 1 aromatic carbocycles. The molecule has 6 nitrogen and oxygen atoms in total. The molecule has 0 bridgehead atoms. The van der Waals surface area contributed by atoms with Crippen LogP contribution >= 0.6 is 11.6 Å². The van der Waals surface area contributed by atoms with E-state index in [-0.39, 0.29) is 17.3 Å². The minimum Gasteiger partial charge on any atom is -0.423 e. The first-order valence-electron chi connectivity index (χ1n) is 9.58. The van der Waals surface area contributed by atoms with Crippen LogP contribution in [0.3, 0.4) is 0 Å². The van der Waals surface area contributed by atoms with Gasteiger partial charge in [0.05, 0.1) is 16.3 Å². The smallest absolute Gasteiger partial charge is 0.423 e. The Balaban J connectivity index is 1.66. The standard InChI is InChI=1S/C20H14ClF6N3O3/c1-8(30-16(9-2-3-9)15(21)17(29-30)20(25,26)27)18(32)28-10-4-5-11-12(19(22,23)24)7-14(31)33-13(11)6-10/h4-9H,2-3H2,1H3,(H,28,32)/t8-/m1/s1. The van der Waals surface area contributed by atoms with Crippen molar-refractivity contribution in [3.63, 3.8) is 0 Å². The number of aromatic nitrogens is 2. The van der Waals surface area contributed by atoms with Gasteiger partial charge >= 0.3 is 18.0 Å². The number of halogens is 7. The number of nitrogens with one attached hydrogen (secondary N) is 1. The monoisotopic (exact) mass is 493 g/mol. The second-order valence-corrected chi connectivity index (χ2v) is 8.00. The van der Waals surface area contributed by atoms with Crippen LogP contribution in [0.4, 0.5) is 32.0 Å². The van der Waals surface area contributed by atoms with Gasteiger partial charge in [-0.05, 0) is 31.9 Å². The highest BCUT2D eigenvalue weighted by Crippen LogP contribution is 2.47. The van der Waals surface area contributed by atoms with Crippen molar-refractivity contribution in [1.29, 1.82) is 0 Å². The van der Waals surface area contributed by atoms with Crippen LogP contribution < -0.4 is 10.9 Å². The molecule has 3 aromatic rings. The lowest BCUT2D eigenvalue weighted by atomic mass is 10.1. The molecule has 1 atom stereocenters. The van der Waals surface area contributed by atoms with Crippen LogP contribution in [0.5, 0.6) is 0 Å². The van der Waals surface area contributed by atoms with Crippen LogP contribution in [0.2, 0.25) is 5.02 Å². The van der Waals surface area contributed by atoms with E-state index < -0.39 is 57.2 Å². The number of fused-ring (bicyclic) bond motifs is 1. The van der Waals surface area contributed by atoms with E-state index in [9.17, 15) is 35.9 Å². The molecule has 13 heteroatoms. The number of amides is 1.